The highest BCUT2D eigenvalue weighted by Crippen LogP contribution is 2.20. The number of amides is 1. The predicted molar refractivity (Wildman–Crippen MR) is 77.7 cm³/mol. The molecule has 0 spiro atoms. The molecule has 21 heavy (non-hydrogen) atoms. The van der Waals surface area contributed by atoms with E-state index in [4.69, 9.17) is 11.6 Å². The molecule has 3 atom stereocenters. The lowest BCUT2D eigenvalue weighted by Crippen LogP contribution is -2.43. The standard InChI is InChI=1S/C13H17ClFNO4S/c1-8(14)13(18)16-11(7-15)12(17)9-3-5-10(6-4-9)21(2,19)20/h3-6,8,11-12,17H,7H2,1-2H3,(H,16,18)/t8?,11-,12-/m1/s1. The number of nitrogens with one attached hydrogen (secondary N) is 1. The Labute approximate surface area is 128 Å². The quantitative estimate of drug-likeness (QED) is 0.764. The Bertz CT molecular complexity index is 589. The predicted octanol–water partition coefficient (Wildman–Crippen LogP) is 1.21. The Morgan fingerprint density at radius 3 is 2.29 bits per heavy atom. The number of aliphatic hydroxyl groups is 1. The van der Waals surface area contributed by atoms with Crippen LogP contribution in [0.2, 0.25) is 0 Å². The molecule has 0 aromatic heterocycles. The van der Waals surface area contributed by atoms with Gasteiger partial charge in [0.1, 0.15) is 18.2 Å². The molecule has 2 N–H and O–H groups in total. The highest BCUT2D eigenvalue weighted by molar-refractivity contribution is 7.90. The lowest BCUT2D eigenvalue weighted by Gasteiger charge is -2.22. The minimum Gasteiger partial charge on any atom is -0.386 e. The number of hydrogen-bond acceptors (Lipinski definition) is 4. The lowest BCUT2D eigenvalue weighted by molar-refractivity contribution is -0.122. The van der Waals surface area contributed by atoms with Crippen LogP contribution in [0.5, 0.6) is 0 Å². The van der Waals surface area contributed by atoms with E-state index >= 15 is 0 Å². The summed E-state index contributed by atoms with van der Waals surface area (Å²) in [4.78, 5) is 11.5. The summed E-state index contributed by atoms with van der Waals surface area (Å²) >= 11 is 5.57. The van der Waals surface area contributed by atoms with E-state index in [2.05, 4.69) is 5.32 Å². The van der Waals surface area contributed by atoms with E-state index < -0.39 is 39.9 Å². The first-order valence-electron chi connectivity index (χ1n) is 6.15. The first-order chi connectivity index (χ1) is 9.66. The second-order valence-electron chi connectivity index (χ2n) is 4.67. The van der Waals surface area contributed by atoms with Crippen molar-refractivity contribution in [1.82, 2.24) is 5.32 Å². The van der Waals surface area contributed by atoms with Crippen LogP contribution in [0, 0.1) is 0 Å². The largest absolute Gasteiger partial charge is 0.386 e. The van der Waals surface area contributed by atoms with Crippen LogP contribution < -0.4 is 5.32 Å². The van der Waals surface area contributed by atoms with Gasteiger partial charge in [-0.25, -0.2) is 12.8 Å². The molecule has 0 aliphatic carbocycles. The van der Waals surface area contributed by atoms with Crippen molar-refractivity contribution >= 4 is 27.3 Å². The van der Waals surface area contributed by atoms with Gasteiger partial charge in [0.25, 0.3) is 0 Å². The summed E-state index contributed by atoms with van der Waals surface area (Å²) in [5.41, 5.74) is 0.299. The van der Waals surface area contributed by atoms with Gasteiger partial charge in [-0.2, -0.15) is 0 Å². The number of carbonyl (C=O) groups is 1. The number of hydrogen-bond donors (Lipinski definition) is 2. The Balaban J connectivity index is 2.90. The maximum absolute atomic E-state index is 13.0. The molecule has 1 aromatic rings. The van der Waals surface area contributed by atoms with Gasteiger partial charge in [0, 0.05) is 6.26 Å². The van der Waals surface area contributed by atoms with E-state index in [-0.39, 0.29) is 4.90 Å². The molecule has 0 aliphatic rings. The number of aliphatic hydroxyl groups excluding tert-OH is 1. The molecule has 1 rings (SSSR count). The summed E-state index contributed by atoms with van der Waals surface area (Å²) in [5, 5.41) is 11.5. The van der Waals surface area contributed by atoms with Crippen LogP contribution >= 0.6 is 11.6 Å². The monoisotopic (exact) mass is 337 g/mol. The fraction of sp³-hybridized carbons (Fsp3) is 0.462. The third kappa shape index (κ3) is 4.94. The molecule has 5 nitrogen and oxygen atoms in total. The summed E-state index contributed by atoms with van der Waals surface area (Å²) < 4.78 is 35.6. The summed E-state index contributed by atoms with van der Waals surface area (Å²) in [6, 6.07) is 4.23. The van der Waals surface area contributed by atoms with Crippen LogP contribution in [0.25, 0.3) is 0 Å². The maximum atomic E-state index is 13.0. The van der Waals surface area contributed by atoms with Gasteiger partial charge in [-0.3, -0.25) is 4.79 Å². The Hall–Kier alpha value is -1.18. The van der Waals surface area contributed by atoms with Gasteiger partial charge < -0.3 is 10.4 Å². The molecule has 0 saturated carbocycles. The van der Waals surface area contributed by atoms with Crippen LogP contribution in [0.4, 0.5) is 4.39 Å². The van der Waals surface area contributed by atoms with Gasteiger partial charge in [-0.05, 0) is 24.6 Å². The second kappa shape index (κ2) is 7.20. The number of carbonyl (C=O) groups excluding carboxylic acids is 1. The van der Waals surface area contributed by atoms with E-state index in [9.17, 15) is 22.7 Å². The van der Waals surface area contributed by atoms with Crippen molar-refractivity contribution in [2.45, 2.75) is 29.3 Å². The number of rotatable bonds is 6. The molecule has 1 unspecified atom stereocenters. The smallest absolute Gasteiger partial charge is 0.238 e. The molecule has 0 saturated heterocycles. The van der Waals surface area contributed by atoms with E-state index in [1.807, 2.05) is 0 Å². The van der Waals surface area contributed by atoms with Gasteiger partial charge in [0.05, 0.1) is 10.9 Å². The third-order valence-electron chi connectivity index (χ3n) is 2.89. The minimum absolute atomic E-state index is 0.0914. The number of sulfone groups is 1. The van der Waals surface area contributed by atoms with Crippen molar-refractivity contribution in [2.75, 3.05) is 12.9 Å². The van der Waals surface area contributed by atoms with Gasteiger partial charge in [0.2, 0.25) is 5.91 Å². The van der Waals surface area contributed by atoms with Gasteiger partial charge in [-0.1, -0.05) is 12.1 Å². The zero-order valence-corrected chi connectivity index (χ0v) is 13.2. The molecule has 0 heterocycles. The molecule has 0 radical (unpaired) electrons. The SMILES string of the molecule is CC(Cl)C(=O)N[C@H](CF)[C@H](O)c1ccc(S(C)(=O)=O)cc1. The van der Waals surface area contributed by atoms with Crippen molar-refractivity contribution < 1.29 is 22.7 Å². The first kappa shape index (κ1) is 17.9. The van der Waals surface area contributed by atoms with Gasteiger partial charge >= 0.3 is 0 Å². The number of benzene rings is 1. The molecule has 1 amide bonds. The molecule has 118 valence electrons. The Morgan fingerprint density at radius 2 is 1.90 bits per heavy atom. The summed E-state index contributed by atoms with van der Waals surface area (Å²) in [6.45, 7) is 0.448. The normalized spacial score (nSPS) is 16.0. The zero-order valence-electron chi connectivity index (χ0n) is 11.6. The molecule has 8 heteroatoms. The fourth-order valence-electron chi connectivity index (χ4n) is 1.64. The zero-order chi connectivity index (χ0) is 16.2. The second-order valence-corrected chi connectivity index (χ2v) is 7.34. The highest BCUT2D eigenvalue weighted by atomic mass is 35.5. The third-order valence-corrected chi connectivity index (χ3v) is 4.21. The maximum Gasteiger partial charge on any atom is 0.238 e. The van der Waals surface area contributed by atoms with Gasteiger partial charge in [0.15, 0.2) is 9.84 Å². The summed E-state index contributed by atoms with van der Waals surface area (Å²) in [6.07, 6.45) is -0.242. The highest BCUT2D eigenvalue weighted by Gasteiger charge is 2.24. The van der Waals surface area contributed by atoms with Crippen molar-refractivity contribution in [3.8, 4) is 0 Å². The van der Waals surface area contributed by atoms with Crippen LogP contribution in [0.1, 0.15) is 18.6 Å². The number of alkyl halides is 2. The van der Waals surface area contributed by atoms with Crippen molar-refractivity contribution in [1.29, 1.82) is 0 Å². The topological polar surface area (TPSA) is 83.5 Å². The van der Waals surface area contributed by atoms with E-state index in [0.717, 1.165) is 6.26 Å². The average molecular weight is 338 g/mol. The fourth-order valence-corrected chi connectivity index (χ4v) is 2.34. The molecule has 1 aromatic carbocycles. The van der Waals surface area contributed by atoms with Crippen molar-refractivity contribution in [2.24, 2.45) is 0 Å². The molecule has 0 aliphatic heterocycles. The van der Waals surface area contributed by atoms with E-state index in [1.54, 1.807) is 0 Å². The Kier molecular flexibility index (Phi) is 6.12. The van der Waals surface area contributed by atoms with Gasteiger partial charge in [-0.15, -0.1) is 11.6 Å². The van der Waals surface area contributed by atoms with Crippen LogP contribution in [-0.2, 0) is 14.6 Å². The molecule has 0 fully saturated rings. The summed E-state index contributed by atoms with van der Waals surface area (Å²) in [5.74, 6) is -0.592. The van der Waals surface area contributed by atoms with Crippen molar-refractivity contribution in [3.05, 3.63) is 29.8 Å². The van der Waals surface area contributed by atoms with E-state index in [1.165, 1.54) is 31.2 Å². The Morgan fingerprint density at radius 1 is 1.38 bits per heavy atom. The molecule has 0 bridgehead atoms. The number of halogens is 2. The van der Waals surface area contributed by atoms with Crippen LogP contribution in [0.3, 0.4) is 0 Å². The lowest BCUT2D eigenvalue weighted by atomic mass is 10.0. The molecular weight excluding hydrogens is 321 g/mol. The first-order valence-corrected chi connectivity index (χ1v) is 8.48. The minimum atomic E-state index is -3.34. The average Bonchev–Trinajstić information content (AvgIpc) is 2.42. The van der Waals surface area contributed by atoms with Crippen LogP contribution in [-0.4, -0.2) is 43.8 Å². The van der Waals surface area contributed by atoms with Crippen molar-refractivity contribution in [3.63, 3.8) is 0 Å². The van der Waals surface area contributed by atoms with E-state index in [0.29, 0.717) is 5.56 Å². The molecular formula is C13H17ClFNO4S. The van der Waals surface area contributed by atoms with Crippen LogP contribution in [0.15, 0.2) is 29.2 Å². The summed E-state index contributed by atoms with van der Waals surface area (Å²) in [7, 11) is -3.34.